The zero-order valence-corrected chi connectivity index (χ0v) is 13.6. The van der Waals surface area contributed by atoms with Gasteiger partial charge in [-0.1, -0.05) is 49.4 Å². The Bertz CT molecular complexity index is 469. The number of allylic oxidation sites excluding steroid dienone is 1. The smallest absolute Gasteiger partial charge is 0.163 e. The molecule has 1 aliphatic heterocycles. The zero-order valence-electron chi connectivity index (χ0n) is 13.6. The van der Waals surface area contributed by atoms with Crippen LogP contribution in [0.4, 0.5) is 0 Å². The van der Waals surface area contributed by atoms with E-state index in [1.165, 1.54) is 0 Å². The molecule has 1 fully saturated rings. The quantitative estimate of drug-likeness (QED) is 0.787. The summed E-state index contributed by atoms with van der Waals surface area (Å²) in [5.41, 5.74) is 1.07. The first kappa shape index (κ1) is 17.2. The average Bonchev–Trinajstić information content (AvgIpc) is 2.86. The van der Waals surface area contributed by atoms with Crippen LogP contribution in [0, 0.1) is 0 Å². The van der Waals surface area contributed by atoms with Crippen LogP contribution in [-0.4, -0.2) is 35.8 Å². The SMILES string of the molecule is CC/C=C/[C@@H](O)[C@H](OCc1ccccc1)[C@@H]1COC(C)(C)O1. The molecule has 22 heavy (non-hydrogen) atoms. The van der Waals surface area contributed by atoms with E-state index < -0.39 is 18.0 Å². The summed E-state index contributed by atoms with van der Waals surface area (Å²) in [5, 5.41) is 10.4. The van der Waals surface area contributed by atoms with E-state index in [1.54, 1.807) is 6.08 Å². The van der Waals surface area contributed by atoms with Crippen molar-refractivity contribution in [3.05, 3.63) is 48.0 Å². The topological polar surface area (TPSA) is 47.9 Å². The Morgan fingerprint density at radius 2 is 2.09 bits per heavy atom. The van der Waals surface area contributed by atoms with E-state index in [2.05, 4.69) is 0 Å². The van der Waals surface area contributed by atoms with E-state index in [1.807, 2.05) is 57.2 Å². The highest BCUT2D eigenvalue weighted by Gasteiger charge is 2.40. The summed E-state index contributed by atoms with van der Waals surface area (Å²) in [5.74, 6) is -0.632. The van der Waals surface area contributed by atoms with Crippen molar-refractivity contribution in [2.24, 2.45) is 0 Å². The van der Waals surface area contributed by atoms with E-state index >= 15 is 0 Å². The lowest BCUT2D eigenvalue weighted by Crippen LogP contribution is -2.41. The van der Waals surface area contributed by atoms with Gasteiger partial charge in [-0.2, -0.15) is 0 Å². The number of aliphatic hydroxyl groups excluding tert-OH is 1. The molecule has 122 valence electrons. The summed E-state index contributed by atoms with van der Waals surface area (Å²) in [4.78, 5) is 0. The number of aliphatic hydroxyl groups is 1. The summed E-state index contributed by atoms with van der Waals surface area (Å²) in [6, 6.07) is 9.91. The van der Waals surface area contributed by atoms with Crippen molar-refractivity contribution in [2.45, 2.75) is 57.9 Å². The summed E-state index contributed by atoms with van der Waals surface area (Å²) >= 11 is 0. The molecular formula is C18H26O4. The van der Waals surface area contributed by atoms with Gasteiger partial charge in [-0.25, -0.2) is 0 Å². The zero-order chi connectivity index (χ0) is 16.0. The van der Waals surface area contributed by atoms with Gasteiger partial charge in [0.1, 0.15) is 18.3 Å². The van der Waals surface area contributed by atoms with Gasteiger partial charge in [-0.3, -0.25) is 0 Å². The van der Waals surface area contributed by atoms with E-state index in [4.69, 9.17) is 14.2 Å². The van der Waals surface area contributed by atoms with Gasteiger partial charge in [0, 0.05) is 0 Å². The standard InChI is InChI=1S/C18H26O4/c1-4-5-11-15(19)17(16-13-21-18(2,3)22-16)20-12-14-9-7-6-8-10-14/h5-11,15-17,19H,4,12-13H2,1-3H3/b11-5+/t15-,16+,17+/m1/s1. The van der Waals surface area contributed by atoms with Gasteiger partial charge in [-0.05, 0) is 25.8 Å². The van der Waals surface area contributed by atoms with Gasteiger partial charge in [0.25, 0.3) is 0 Å². The van der Waals surface area contributed by atoms with Crippen LogP contribution in [0.25, 0.3) is 0 Å². The molecular weight excluding hydrogens is 280 g/mol. The number of rotatable bonds is 7. The molecule has 4 heteroatoms. The number of benzene rings is 1. The second kappa shape index (κ2) is 7.88. The largest absolute Gasteiger partial charge is 0.386 e. The van der Waals surface area contributed by atoms with Crippen molar-refractivity contribution in [1.29, 1.82) is 0 Å². The summed E-state index contributed by atoms with van der Waals surface area (Å²) in [6.07, 6.45) is 3.12. The van der Waals surface area contributed by atoms with Crippen molar-refractivity contribution < 1.29 is 19.3 Å². The molecule has 0 aliphatic carbocycles. The molecule has 2 rings (SSSR count). The van der Waals surface area contributed by atoms with E-state index in [-0.39, 0.29) is 6.10 Å². The highest BCUT2D eigenvalue weighted by atomic mass is 16.7. The molecule has 0 spiro atoms. The molecule has 0 radical (unpaired) electrons. The normalized spacial score (nSPS) is 23.7. The van der Waals surface area contributed by atoms with Crippen LogP contribution in [0.3, 0.4) is 0 Å². The van der Waals surface area contributed by atoms with Crippen molar-refractivity contribution in [3.8, 4) is 0 Å². The fourth-order valence-corrected chi connectivity index (χ4v) is 2.45. The minimum absolute atomic E-state index is 0.282. The second-order valence-electron chi connectivity index (χ2n) is 5.96. The molecule has 0 bridgehead atoms. The summed E-state index contributed by atoms with van der Waals surface area (Å²) in [7, 11) is 0. The minimum Gasteiger partial charge on any atom is -0.386 e. The first-order valence-corrected chi connectivity index (χ1v) is 7.84. The van der Waals surface area contributed by atoms with Crippen molar-refractivity contribution in [3.63, 3.8) is 0 Å². The first-order chi connectivity index (χ1) is 10.5. The molecule has 1 N–H and O–H groups in total. The predicted molar refractivity (Wildman–Crippen MR) is 85.4 cm³/mol. The van der Waals surface area contributed by atoms with Crippen LogP contribution < -0.4 is 0 Å². The molecule has 1 aromatic carbocycles. The van der Waals surface area contributed by atoms with E-state index in [0.29, 0.717) is 13.2 Å². The van der Waals surface area contributed by atoms with Crippen molar-refractivity contribution in [2.75, 3.05) is 6.61 Å². The monoisotopic (exact) mass is 306 g/mol. The van der Waals surface area contributed by atoms with Crippen LogP contribution >= 0.6 is 0 Å². The maximum atomic E-state index is 10.4. The third-order valence-electron chi connectivity index (χ3n) is 3.59. The highest BCUT2D eigenvalue weighted by molar-refractivity contribution is 5.13. The molecule has 3 atom stereocenters. The lowest BCUT2D eigenvalue weighted by Gasteiger charge is -2.27. The molecule has 0 saturated carbocycles. The molecule has 1 aliphatic rings. The average molecular weight is 306 g/mol. The third kappa shape index (κ3) is 4.92. The van der Waals surface area contributed by atoms with Gasteiger partial charge >= 0.3 is 0 Å². The van der Waals surface area contributed by atoms with Gasteiger partial charge in [-0.15, -0.1) is 0 Å². The van der Waals surface area contributed by atoms with Crippen LogP contribution in [0.2, 0.25) is 0 Å². The van der Waals surface area contributed by atoms with Crippen LogP contribution in [0.15, 0.2) is 42.5 Å². The second-order valence-corrected chi connectivity index (χ2v) is 5.96. The Morgan fingerprint density at radius 3 is 2.68 bits per heavy atom. The molecule has 0 amide bonds. The summed E-state index contributed by atoms with van der Waals surface area (Å²) in [6.45, 7) is 6.62. The van der Waals surface area contributed by atoms with Gasteiger partial charge in [0.05, 0.1) is 13.2 Å². The maximum absolute atomic E-state index is 10.4. The third-order valence-corrected chi connectivity index (χ3v) is 3.59. The maximum Gasteiger partial charge on any atom is 0.163 e. The Balaban J connectivity index is 2.03. The highest BCUT2D eigenvalue weighted by Crippen LogP contribution is 2.27. The Hall–Kier alpha value is -1.20. The van der Waals surface area contributed by atoms with Gasteiger partial charge in [0.2, 0.25) is 0 Å². The fraction of sp³-hybridized carbons (Fsp3) is 0.556. The Labute approximate surface area is 132 Å². The van der Waals surface area contributed by atoms with E-state index in [0.717, 1.165) is 12.0 Å². The molecule has 1 aromatic rings. The Kier molecular flexibility index (Phi) is 6.15. The lowest BCUT2D eigenvalue weighted by atomic mass is 10.1. The van der Waals surface area contributed by atoms with Gasteiger partial charge < -0.3 is 19.3 Å². The van der Waals surface area contributed by atoms with Crippen molar-refractivity contribution >= 4 is 0 Å². The van der Waals surface area contributed by atoms with E-state index in [9.17, 15) is 5.11 Å². The number of hydrogen-bond acceptors (Lipinski definition) is 4. The molecule has 0 unspecified atom stereocenters. The minimum atomic E-state index is -0.717. The van der Waals surface area contributed by atoms with Crippen LogP contribution in [0.1, 0.15) is 32.8 Å². The lowest BCUT2D eigenvalue weighted by molar-refractivity contribution is -0.167. The van der Waals surface area contributed by atoms with Crippen LogP contribution in [0.5, 0.6) is 0 Å². The number of hydrogen-bond donors (Lipinski definition) is 1. The molecule has 0 aromatic heterocycles. The summed E-state index contributed by atoms with van der Waals surface area (Å²) < 4.78 is 17.4. The Morgan fingerprint density at radius 1 is 1.36 bits per heavy atom. The molecule has 1 heterocycles. The molecule has 1 saturated heterocycles. The molecule has 4 nitrogen and oxygen atoms in total. The first-order valence-electron chi connectivity index (χ1n) is 7.84. The predicted octanol–water partition coefficient (Wildman–Crippen LogP) is 3.05. The van der Waals surface area contributed by atoms with Crippen molar-refractivity contribution in [1.82, 2.24) is 0 Å². The van der Waals surface area contributed by atoms with Gasteiger partial charge in [0.15, 0.2) is 5.79 Å². The fourth-order valence-electron chi connectivity index (χ4n) is 2.45. The van der Waals surface area contributed by atoms with Crippen LogP contribution in [-0.2, 0) is 20.8 Å². The number of ether oxygens (including phenoxy) is 3.